The van der Waals surface area contributed by atoms with Crippen LogP contribution in [0.1, 0.15) is 19.8 Å². The van der Waals surface area contributed by atoms with E-state index in [9.17, 15) is 0 Å². The summed E-state index contributed by atoms with van der Waals surface area (Å²) in [7, 11) is 0. The molecule has 1 atom stereocenters. The zero-order chi connectivity index (χ0) is 14.5. The van der Waals surface area contributed by atoms with Gasteiger partial charge in [-0.05, 0) is 25.7 Å². The summed E-state index contributed by atoms with van der Waals surface area (Å²) in [5, 5.41) is 4.19. The highest BCUT2D eigenvalue weighted by atomic mass is 16.5. The van der Waals surface area contributed by atoms with E-state index in [1.54, 1.807) is 19.0 Å². The number of hydrogen-bond donors (Lipinski definition) is 0. The molecule has 112 valence electrons. The Balaban J connectivity index is 1.66. The van der Waals surface area contributed by atoms with E-state index in [2.05, 4.69) is 25.0 Å². The van der Waals surface area contributed by atoms with Crippen LogP contribution < -0.4 is 9.64 Å². The molecule has 0 aromatic carbocycles. The summed E-state index contributed by atoms with van der Waals surface area (Å²) < 4.78 is 7.35. The van der Waals surface area contributed by atoms with E-state index in [-0.39, 0.29) is 0 Å². The second kappa shape index (κ2) is 6.51. The van der Waals surface area contributed by atoms with Crippen LogP contribution in [0.3, 0.4) is 0 Å². The van der Waals surface area contributed by atoms with Crippen molar-refractivity contribution in [2.75, 3.05) is 24.6 Å². The maximum absolute atomic E-state index is 5.45. The maximum atomic E-state index is 5.45. The van der Waals surface area contributed by atoms with Crippen molar-refractivity contribution in [1.29, 1.82) is 0 Å². The molecule has 0 radical (unpaired) electrons. The largest absolute Gasteiger partial charge is 0.478 e. The minimum absolute atomic E-state index is 0.561. The highest BCUT2D eigenvalue weighted by Gasteiger charge is 2.22. The molecule has 3 heterocycles. The molecule has 1 fully saturated rings. The van der Waals surface area contributed by atoms with Gasteiger partial charge in [0.1, 0.15) is 24.8 Å². The van der Waals surface area contributed by atoms with Gasteiger partial charge in [-0.25, -0.2) is 15.0 Å². The number of anilines is 1. The van der Waals surface area contributed by atoms with Crippen molar-refractivity contribution < 1.29 is 4.74 Å². The lowest BCUT2D eigenvalue weighted by Crippen LogP contribution is -2.37. The Morgan fingerprint density at radius 1 is 1.33 bits per heavy atom. The van der Waals surface area contributed by atoms with Gasteiger partial charge in [-0.2, -0.15) is 5.10 Å². The van der Waals surface area contributed by atoms with Crippen LogP contribution in [-0.2, 0) is 6.54 Å². The summed E-state index contributed by atoms with van der Waals surface area (Å²) in [6.45, 7) is 5.47. The van der Waals surface area contributed by atoms with Crippen molar-refractivity contribution in [2.24, 2.45) is 5.92 Å². The summed E-state index contributed by atoms with van der Waals surface area (Å²) >= 11 is 0. The van der Waals surface area contributed by atoms with Gasteiger partial charge in [-0.1, -0.05) is 0 Å². The average Bonchev–Trinajstić information content (AvgIpc) is 3.01. The lowest BCUT2D eigenvalue weighted by atomic mass is 9.98. The lowest BCUT2D eigenvalue weighted by Gasteiger charge is -2.33. The first-order valence-electron chi connectivity index (χ1n) is 7.37. The fourth-order valence-corrected chi connectivity index (χ4v) is 2.74. The third-order valence-corrected chi connectivity index (χ3v) is 3.67. The molecular weight excluding hydrogens is 268 g/mol. The molecule has 0 spiro atoms. The predicted octanol–water partition coefficient (Wildman–Crippen LogP) is 1.38. The number of piperidine rings is 1. The summed E-state index contributed by atoms with van der Waals surface area (Å²) in [5.41, 5.74) is 0. The Morgan fingerprint density at radius 3 is 3.10 bits per heavy atom. The van der Waals surface area contributed by atoms with E-state index in [0.717, 1.165) is 31.9 Å². The van der Waals surface area contributed by atoms with Crippen LogP contribution in [0.4, 0.5) is 5.82 Å². The van der Waals surface area contributed by atoms with Crippen LogP contribution in [-0.4, -0.2) is 44.4 Å². The number of aromatic nitrogens is 5. The van der Waals surface area contributed by atoms with E-state index in [0.29, 0.717) is 18.4 Å². The minimum Gasteiger partial charge on any atom is -0.478 e. The first-order valence-corrected chi connectivity index (χ1v) is 7.37. The average molecular weight is 288 g/mol. The van der Waals surface area contributed by atoms with Gasteiger partial charge in [0.25, 0.3) is 0 Å². The van der Waals surface area contributed by atoms with E-state index in [1.165, 1.54) is 6.42 Å². The van der Waals surface area contributed by atoms with E-state index >= 15 is 0 Å². The summed E-state index contributed by atoms with van der Waals surface area (Å²) in [5.74, 6) is 2.14. The first kappa shape index (κ1) is 13.8. The molecule has 1 aliphatic heterocycles. The van der Waals surface area contributed by atoms with Gasteiger partial charge in [0.05, 0.1) is 6.61 Å². The van der Waals surface area contributed by atoms with Crippen molar-refractivity contribution in [2.45, 2.75) is 26.3 Å². The van der Waals surface area contributed by atoms with Gasteiger partial charge in [-0.3, -0.25) is 4.68 Å². The predicted molar refractivity (Wildman–Crippen MR) is 78.2 cm³/mol. The number of nitrogens with zero attached hydrogens (tertiary/aromatic N) is 6. The fraction of sp³-hybridized carbons (Fsp3) is 0.571. The third-order valence-electron chi connectivity index (χ3n) is 3.67. The summed E-state index contributed by atoms with van der Waals surface area (Å²) in [4.78, 5) is 14.8. The number of hydrogen-bond acceptors (Lipinski definition) is 6. The first-order chi connectivity index (χ1) is 10.3. The third kappa shape index (κ3) is 3.48. The molecule has 1 aliphatic rings. The van der Waals surface area contributed by atoms with Crippen molar-refractivity contribution >= 4 is 5.82 Å². The molecule has 1 saturated heterocycles. The zero-order valence-corrected chi connectivity index (χ0v) is 12.2. The Kier molecular flexibility index (Phi) is 4.28. The van der Waals surface area contributed by atoms with Crippen LogP contribution in [0.5, 0.6) is 5.88 Å². The Labute approximate surface area is 124 Å². The van der Waals surface area contributed by atoms with Crippen LogP contribution in [0.25, 0.3) is 0 Å². The van der Waals surface area contributed by atoms with E-state index < -0.39 is 0 Å². The quantitative estimate of drug-likeness (QED) is 0.828. The van der Waals surface area contributed by atoms with Crippen molar-refractivity contribution in [3.05, 3.63) is 25.0 Å². The molecule has 0 amide bonds. The zero-order valence-electron chi connectivity index (χ0n) is 12.2. The molecule has 21 heavy (non-hydrogen) atoms. The van der Waals surface area contributed by atoms with Gasteiger partial charge < -0.3 is 9.64 Å². The minimum atomic E-state index is 0.561. The lowest BCUT2D eigenvalue weighted by molar-refractivity contribution is 0.324. The SMILES string of the molecule is CCOc1cc(N2CCCC(Cn3cncn3)C2)ncn1. The molecule has 0 N–H and O–H groups in total. The number of ether oxygens (including phenoxy) is 1. The molecule has 0 aliphatic carbocycles. The maximum Gasteiger partial charge on any atom is 0.218 e. The van der Waals surface area contributed by atoms with Gasteiger partial charge in [0, 0.05) is 25.7 Å². The molecule has 7 heteroatoms. The van der Waals surface area contributed by atoms with E-state index in [4.69, 9.17) is 4.74 Å². The van der Waals surface area contributed by atoms with E-state index in [1.807, 2.05) is 17.7 Å². The smallest absolute Gasteiger partial charge is 0.218 e. The molecule has 2 aromatic rings. The van der Waals surface area contributed by atoms with Crippen molar-refractivity contribution in [3.8, 4) is 5.88 Å². The molecule has 7 nitrogen and oxygen atoms in total. The van der Waals surface area contributed by atoms with Crippen LogP contribution >= 0.6 is 0 Å². The number of rotatable bonds is 5. The fourth-order valence-electron chi connectivity index (χ4n) is 2.74. The normalized spacial score (nSPS) is 18.7. The molecule has 1 unspecified atom stereocenters. The molecule has 0 saturated carbocycles. The van der Waals surface area contributed by atoms with Crippen LogP contribution in [0, 0.1) is 5.92 Å². The second-order valence-electron chi connectivity index (χ2n) is 5.22. The van der Waals surface area contributed by atoms with Crippen LogP contribution in [0.15, 0.2) is 25.0 Å². The standard InChI is InChI=1S/C14H20N6O/c1-2-21-14-6-13(16-10-17-14)19-5-3-4-12(7-19)8-20-11-15-9-18-20/h6,9-12H,2-5,7-8H2,1H3. The highest BCUT2D eigenvalue weighted by Crippen LogP contribution is 2.24. The molecule has 0 bridgehead atoms. The molecular formula is C14H20N6O. The Bertz CT molecular complexity index is 558. The molecule has 3 rings (SSSR count). The monoisotopic (exact) mass is 288 g/mol. The second-order valence-corrected chi connectivity index (χ2v) is 5.22. The topological polar surface area (TPSA) is 69.0 Å². The van der Waals surface area contributed by atoms with Gasteiger partial charge in [-0.15, -0.1) is 0 Å². The summed E-state index contributed by atoms with van der Waals surface area (Å²) in [6, 6.07) is 1.92. The van der Waals surface area contributed by atoms with Gasteiger partial charge in [0.15, 0.2) is 0 Å². The summed E-state index contributed by atoms with van der Waals surface area (Å²) in [6.07, 6.45) is 7.30. The molecule has 2 aromatic heterocycles. The van der Waals surface area contributed by atoms with Crippen molar-refractivity contribution in [3.63, 3.8) is 0 Å². The highest BCUT2D eigenvalue weighted by molar-refractivity contribution is 5.41. The Hall–Kier alpha value is -2.18. The van der Waals surface area contributed by atoms with Crippen LogP contribution in [0.2, 0.25) is 0 Å². The Morgan fingerprint density at radius 2 is 2.29 bits per heavy atom. The van der Waals surface area contributed by atoms with Crippen molar-refractivity contribution in [1.82, 2.24) is 24.7 Å². The van der Waals surface area contributed by atoms with Gasteiger partial charge >= 0.3 is 0 Å². The van der Waals surface area contributed by atoms with Gasteiger partial charge in [0.2, 0.25) is 5.88 Å².